The number of nitrogens with one attached hydrogen (secondary N) is 4. The van der Waals surface area contributed by atoms with Crippen molar-refractivity contribution in [1.82, 2.24) is 21.3 Å². The van der Waals surface area contributed by atoms with Crippen molar-refractivity contribution >= 4 is 17.7 Å². The third-order valence-electron chi connectivity index (χ3n) is 4.42. The molecule has 1 saturated heterocycles. The smallest absolute Gasteiger partial charge is 0.287 e. The summed E-state index contributed by atoms with van der Waals surface area (Å²) >= 11 is 0. The Bertz CT molecular complexity index is 873. The first-order chi connectivity index (χ1) is 14.1. The van der Waals surface area contributed by atoms with Crippen LogP contribution in [-0.4, -0.2) is 57.1 Å². The van der Waals surface area contributed by atoms with Crippen LogP contribution >= 0.6 is 0 Å². The summed E-state index contributed by atoms with van der Waals surface area (Å²) in [6.07, 6.45) is -0.479. The Kier molecular flexibility index (Phi) is 6.99. The minimum Gasteiger partial charge on any atom is -0.451 e. The van der Waals surface area contributed by atoms with Crippen LogP contribution in [0.25, 0.3) is 11.3 Å². The highest BCUT2D eigenvalue weighted by Gasteiger charge is 2.21. The van der Waals surface area contributed by atoms with E-state index in [1.54, 1.807) is 12.1 Å². The van der Waals surface area contributed by atoms with Crippen molar-refractivity contribution in [3.8, 4) is 11.3 Å². The average molecular weight is 400 g/mol. The molecular formula is C20H24N4O5. The Balaban J connectivity index is 1.59. The number of ether oxygens (including phenoxy) is 1. The number of benzene rings is 1. The average Bonchev–Trinajstić information content (AvgIpc) is 3.27. The number of rotatable bonds is 7. The predicted octanol–water partition coefficient (Wildman–Crippen LogP) is 0.0270. The maximum atomic E-state index is 12.2. The summed E-state index contributed by atoms with van der Waals surface area (Å²) < 4.78 is 11.0. The summed E-state index contributed by atoms with van der Waals surface area (Å²) in [6, 6.07) is 10.7. The van der Waals surface area contributed by atoms with E-state index in [1.165, 1.54) is 7.05 Å². The molecule has 1 fully saturated rings. The van der Waals surface area contributed by atoms with Gasteiger partial charge in [0.25, 0.3) is 11.8 Å². The van der Waals surface area contributed by atoms with E-state index in [9.17, 15) is 14.4 Å². The Morgan fingerprint density at radius 3 is 2.79 bits per heavy atom. The minimum atomic E-state index is -0.479. The highest BCUT2D eigenvalue weighted by atomic mass is 16.5. The molecule has 3 rings (SSSR count). The number of carbonyl (C=O) groups excluding carboxylic acids is 3. The molecule has 9 heteroatoms. The lowest BCUT2D eigenvalue weighted by Crippen LogP contribution is -2.47. The molecule has 3 amide bonds. The predicted molar refractivity (Wildman–Crippen MR) is 105 cm³/mol. The number of carbonyl (C=O) groups is 3. The van der Waals surface area contributed by atoms with Crippen LogP contribution in [0.1, 0.15) is 16.1 Å². The Morgan fingerprint density at radius 1 is 1.17 bits per heavy atom. The van der Waals surface area contributed by atoms with Crippen molar-refractivity contribution < 1.29 is 23.5 Å². The highest BCUT2D eigenvalue weighted by Crippen LogP contribution is 2.23. The Morgan fingerprint density at radius 2 is 2.03 bits per heavy atom. The highest BCUT2D eigenvalue weighted by molar-refractivity contribution is 5.94. The molecule has 154 valence electrons. The minimum absolute atomic E-state index is 0.115. The van der Waals surface area contributed by atoms with Crippen molar-refractivity contribution in [2.45, 2.75) is 12.6 Å². The topological polar surface area (TPSA) is 122 Å². The zero-order valence-electron chi connectivity index (χ0n) is 16.1. The van der Waals surface area contributed by atoms with Crippen LogP contribution in [0.4, 0.5) is 0 Å². The molecule has 0 saturated carbocycles. The van der Waals surface area contributed by atoms with E-state index >= 15 is 0 Å². The first kappa shape index (κ1) is 20.6. The first-order valence-corrected chi connectivity index (χ1v) is 9.35. The van der Waals surface area contributed by atoms with Gasteiger partial charge < -0.3 is 30.4 Å². The van der Waals surface area contributed by atoms with Gasteiger partial charge in [0.05, 0.1) is 13.2 Å². The second kappa shape index (κ2) is 9.85. The maximum absolute atomic E-state index is 12.2. The van der Waals surface area contributed by atoms with Gasteiger partial charge in [-0.15, -0.1) is 0 Å². The molecule has 9 nitrogen and oxygen atoms in total. The van der Waals surface area contributed by atoms with E-state index in [0.717, 1.165) is 17.7 Å². The lowest BCUT2D eigenvalue weighted by Gasteiger charge is -2.22. The molecule has 0 spiro atoms. The summed E-state index contributed by atoms with van der Waals surface area (Å²) in [5.74, 6) is -0.290. The van der Waals surface area contributed by atoms with Crippen molar-refractivity contribution in [1.29, 1.82) is 0 Å². The summed E-state index contributed by atoms with van der Waals surface area (Å²) in [6.45, 7) is 2.00. The fraction of sp³-hybridized carbons (Fsp3) is 0.350. The number of amides is 3. The molecule has 0 aliphatic carbocycles. The lowest BCUT2D eigenvalue weighted by molar-refractivity contribution is -0.134. The van der Waals surface area contributed by atoms with Crippen LogP contribution in [0.5, 0.6) is 0 Å². The van der Waals surface area contributed by atoms with Crippen LogP contribution in [0.2, 0.25) is 0 Å². The quantitative estimate of drug-likeness (QED) is 0.520. The van der Waals surface area contributed by atoms with Gasteiger partial charge in [-0.05, 0) is 23.8 Å². The van der Waals surface area contributed by atoms with Gasteiger partial charge in [-0.25, -0.2) is 0 Å². The summed E-state index contributed by atoms with van der Waals surface area (Å²) in [5.41, 5.74) is 1.67. The van der Waals surface area contributed by atoms with Crippen LogP contribution < -0.4 is 21.3 Å². The molecule has 29 heavy (non-hydrogen) atoms. The van der Waals surface area contributed by atoms with Gasteiger partial charge in [-0.3, -0.25) is 14.4 Å². The van der Waals surface area contributed by atoms with Crippen molar-refractivity contribution in [3.63, 3.8) is 0 Å². The molecule has 2 heterocycles. The number of hydrogen-bond donors (Lipinski definition) is 4. The van der Waals surface area contributed by atoms with Crippen LogP contribution in [-0.2, 0) is 20.9 Å². The molecule has 0 bridgehead atoms. The van der Waals surface area contributed by atoms with E-state index in [4.69, 9.17) is 9.15 Å². The van der Waals surface area contributed by atoms with Crippen molar-refractivity contribution in [3.05, 3.63) is 47.7 Å². The molecule has 1 aliphatic rings. The zero-order valence-corrected chi connectivity index (χ0v) is 16.1. The van der Waals surface area contributed by atoms with Crippen molar-refractivity contribution in [2.75, 3.05) is 33.3 Å². The zero-order chi connectivity index (χ0) is 20.6. The number of hydrogen-bond acceptors (Lipinski definition) is 6. The largest absolute Gasteiger partial charge is 0.451 e. The van der Waals surface area contributed by atoms with Gasteiger partial charge in [0, 0.05) is 32.2 Å². The van der Waals surface area contributed by atoms with Crippen LogP contribution in [0, 0.1) is 0 Å². The molecule has 2 aromatic rings. The molecule has 1 atom stereocenters. The second-order valence-corrected chi connectivity index (χ2v) is 6.50. The van der Waals surface area contributed by atoms with Gasteiger partial charge in [0.2, 0.25) is 5.91 Å². The van der Waals surface area contributed by atoms with Crippen LogP contribution in [0.3, 0.4) is 0 Å². The molecule has 4 N–H and O–H groups in total. The van der Waals surface area contributed by atoms with Crippen LogP contribution in [0.15, 0.2) is 40.8 Å². The third kappa shape index (κ3) is 5.66. The number of likely N-dealkylation sites (N-methyl/N-ethyl adjacent to an activating group) is 1. The molecule has 1 aliphatic heterocycles. The lowest BCUT2D eigenvalue weighted by atomic mass is 10.1. The SMILES string of the molecule is CNC(=O)CNC(=O)c1ccc(-c2cccc(CNC(=O)C3CNCCO3)c2)o1. The molecule has 0 radical (unpaired) electrons. The second-order valence-electron chi connectivity index (χ2n) is 6.50. The molecular weight excluding hydrogens is 376 g/mol. The van der Waals surface area contributed by atoms with Gasteiger partial charge in [-0.1, -0.05) is 18.2 Å². The maximum Gasteiger partial charge on any atom is 0.287 e. The normalized spacial score (nSPS) is 16.1. The van der Waals surface area contributed by atoms with Gasteiger partial charge in [0.15, 0.2) is 5.76 Å². The number of furan rings is 1. The van der Waals surface area contributed by atoms with E-state index in [1.807, 2.05) is 24.3 Å². The monoisotopic (exact) mass is 400 g/mol. The fourth-order valence-electron chi connectivity index (χ4n) is 2.82. The molecule has 1 unspecified atom stereocenters. The molecule has 1 aromatic heterocycles. The summed E-state index contributed by atoms with van der Waals surface area (Å²) in [5, 5.41) is 10.9. The molecule has 1 aromatic carbocycles. The standard InChI is InChI=1S/C20H24N4O5/c1-21-18(25)12-24-19(26)16-6-5-15(29-16)14-4-2-3-13(9-14)10-23-20(27)17-11-22-7-8-28-17/h2-6,9,17,22H,7-8,10-12H2,1H3,(H,21,25)(H,23,27)(H,24,26). The summed E-state index contributed by atoms with van der Waals surface area (Å²) in [4.78, 5) is 35.4. The number of morpholine rings is 1. The van der Waals surface area contributed by atoms with E-state index < -0.39 is 12.0 Å². The van der Waals surface area contributed by atoms with Gasteiger partial charge in [-0.2, -0.15) is 0 Å². The van der Waals surface area contributed by atoms with E-state index in [0.29, 0.717) is 25.5 Å². The van der Waals surface area contributed by atoms with Gasteiger partial charge >= 0.3 is 0 Å². The van der Waals surface area contributed by atoms with E-state index in [2.05, 4.69) is 21.3 Å². The Labute approximate surface area is 168 Å². The first-order valence-electron chi connectivity index (χ1n) is 9.35. The fourth-order valence-corrected chi connectivity index (χ4v) is 2.82. The van der Waals surface area contributed by atoms with E-state index in [-0.39, 0.29) is 24.1 Å². The Hall–Kier alpha value is -3.17. The third-order valence-corrected chi connectivity index (χ3v) is 4.42. The van der Waals surface area contributed by atoms with Crippen molar-refractivity contribution in [2.24, 2.45) is 0 Å². The van der Waals surface area contributed by atoms with Gasteiger partial charge in [0.1, 0.15) is 11.9 Å². The summed E-state index contributed by atoms with van der Waals surface area (Å²) in [7, 11) is 1.49.